The average Bonchev–Trinajstić information content (AvgIpc) is 2.75. The molecule has 0 aliphatic carbocycles. The van der Waals surface area contributed by atoms with Crippen molar-refractivity contribution in [3.63, 3.8) is 0 Å². The Morgan fingerprint density at radius 3 is 2.54 bits per heavy atom. The molecule has 0 saturated carbocycles. The first-order chi connectivity index (χ1) is 13.7. The molecule has 2 aromatic carbocycles. The van der Waals surface area contributed by atoms with Gasteiger partial charge in [-0.05, 0) is 43.2 Å². The van der Waals surface area contributed by atoms with Crippen molar-refractivity contribution in [3.8, 4) is 5.75 Å². The highest BCUT2D eigenvalue weighted by molar-refractivity contribution is 5.98. The van der Waals surface area contributed by atoms with Gasteiger partial charge in [0.1, 0.15) is 5.75 Å². The summed E-state index contributed by atoms with van der Waals surface area (Å²) < 4.78 is 5.34. The first-order valence-corrected chi connectivity index (χ1v) is 9.86. The maximum absolute atomic E-state index is 12.6. The molecule has 0 atom stereocenters. The molecule has 28 heavy (non-hydrogen) atoms. The number of ether oxygens (including phenoxy) is 1. The zero-order valence-electron chi connectivity index (χ0n) is 16.4. The Morgan fingerprint density at radius 2 is 1.82 bits per heavy atom. The molecule has 2 N–H and O–H groups in total. The number of rotatable bonds is 3. The van der Waals surface area contributed by atoms with E-state index in [4.69, 9.17) is 4.74 Å². The summed E-state index contributed by atoms with van der Waals surface area (Å²) in [6, 6.07) is 15.6. The summed E-state index contributed by atoms with van der Waals surface area (Å²) in [5, 5.41) is 5.72. The Morgan fingerprint density at radius 1 is 1.11 bits per heavy atom. The molecule has 6 heteroatoms. The van der Waals surface area contributed by atoms with Gasteiger partial charge in [-0.2, -0.15) is 0 Å². The molecule has 2 heterocycles. The van der Waals surface area contributed by atoms with E-state index in [0.29, 0.717) is 17.1 Å². The molecule has 1 saturated heterocycles. The summed E-state index contributed by atoms with van der Waals surface area (Å²) in [6.07, 6.45) is 1.65. The van der Waals surface area contributed by atoms with Crippen LogP contribution in [0.1, 0.15) is 26.7 Å². The zero-order valence-corrected chi connectivity index (χ0v) is 16.4. The van der Waals surface area contributed by atoms with E-state index in [0.717, 1.165) is 25.9 Å². The third kappa shape index (κ3) is 4.63. The van der Waals surface area contributed by atoms with Gasteiger partial charge in [0.2, 0.25) is 5.91 Å². The van der Waals surface area contributed by atoms with E-state index in [1.54, 1.807) is 18.2 Å². The van der Waals surface area contributed by atoms with Crippen LogP contribution in [0.3, 0.4) is 0 Å². The number of para-hydroxylation sites is 1. The molecule has 0 radical (unpaired) electrons. The molecule has 6 nitrogen and oxygen atoms in total. The van der Waals surface area contributed by atoms with E-state index < -0.39 is 0 Å². The summed E-state index contributed by atoms with van der Waals surface area (Å²) in [7, 11) is 0. The highest BCUT2D eigenvalue weighted by Crippen LogP contribution is 2.31. The van der Waals surface area contributed by atoms with Gasteiger partial charge in [-0.1, -0.05) is 32.0 Å². The van der Waals surface area contributed by atoms with Gasteiger partial charge >= 0.3 is 0 Å². The van der Waals surface area contributed by atoms with E-state index in [-0.39, 0.29) is 24.3 Å². The van der Waals surface area contributed by atoms with E-state index in [9.17, 15) is 9.59 Å². The Labute approximate surface area is 165 Å². The van der Waals surface area contributed by atoms with Crippen LogP contribution < -0.4 is 20.3 Å². The number of piperidine rings is 1. The van der Waals surface area contributed by atoms with Crippen molar-refractivity contribution in [2.45, 2.75) is 26.7 Å². The summed E-state index contributed by atoms with van der Waals surface area (Å²) in [5.74, 6) is 0.464. The molecule has 4 rings (SSSR count). The minimum absolute atomic E-state index is 0.00293. The number of amides is 2. The van der Waals surface area contributed by atoms with Gasteiger partial charge in [-0.3, -0.25) is 9.59 Å². The molecule has 1 fully saturated rings. The lowest BCUT2D eigenvalue weighted by atomic mass is 9.95. The topological polar surface area (TPSA) is 70.7 Å². The smallest absolute Gasteiger partial charge is 0.262 e. The average molecular weight is 381 g/mol. The van der Waals surface area contributed by atoms with E-state index in [1.165, 1.54) is 5.69 Å². The van der Waals surface area contributed by atoms with Crippen LogP contribution in [0.15, 0.2) is 48.5 Å². The molecule has 0 bridgehead atoms. The summed E-state index contributed by atoms with van der Waals surface area (Å²) in [6.45, 7) is 5.77. The Kier molecular flexibility index (Phi) is 6.53. The predicted octanol–water partition coefficient (Wildman–Crippen LogP) is 3.90. The van der Waals surface area contributed by atoms with Crippen LogP contribution in [0, 0.1) is 5.92 Å². The highest BCUT2D eigenvalue weighted by atomic mass is 16.5. The van der Waals surface area contributed by atoms with Crippen molar-refractivity contribution in [2.24, 2.45) is 5.92 Å². The lowest BCUT2D eigenvalue weighted by molar-refractivity contribution is -0.120. The van der Waals surface area contributed by atoms with Crippen LogP contribution in [0.25, 0.3) is 0 Å². The largest absolute Gasteiger partial charge is 0.482 e. The summed E-state index contributed by atoms with van der Waals surface area (Å²) >= 11 is 0. The number of anilines is 3. The van der Waals surface area contributed by atoms with Crippen LogP contribution in [0.2, 0.25) is 0 Å². The molecule has 2 aliphatic heterocycles. The molecule has 2 aliphatic rings. The quantitative estimate of drug-likeness (QED) is 0.846. The van der Waals surface area contributed by atoms with E-state index >= 15 is 0 Å². The number of hydrogen-bond acceptors (Lipinski definition) is 4. The lowest BCUT2D eigenvalue weighted by Gasteiger charge is -2.33. The van der Waals surface area contributed by atoms with E-state index in [1.807, 2.05) is 32.0 Å². The fraction of sp³-hybridized carbons (Fsp3) is 0.364. The third-order valence-electron chi connectivity index (χ3n) is 4.87. The summed E-state index contributed by atoms with van der Waals surface area (Å²) in [5.41, 5.74) is 2.47. The van der Waals surface area contributed by atoms with Crippen LogP contribution in [0.4, 0.5) is 17.1 Å². The number of nitrogens with zero attached hydrogens (tertiary/aromatic N) is 1. The minimum atomic E-state index is -0.186. The molecule has 0 unspecified atom stereocenters. The maximum Gasteiger partial charge on any atom is 0.262 e. The third-order valence-corrected chi connectivity index (χ3v) is 4.87. The second-order valence-corrected chi connectivity index (χ2v) is 6.63. The van der Waals surface area contributed by atoms with E-state index in [2.05, 4.69) is 27.7 Å². The van der Waals surface area contributed by atoms with Crippen LogP contribution in [-0.4, -0.2) is 31.5 Å². The fourth-order valence-corrected chi connectivity index (χ4v) is 3.44. The van der Waals surface area contributed by atoms with Crippen LogP contribution in [0.5, 0.6) is 5.75 Å². The number of carbonyl (C=O) groups excluding carboxylic acids is 2. The minimum Gasteiger partial charge on any atom is -0.482 e. The first-order valence-electron chi connectivity index (χ1n) is 9.86. The highest BCUT2D eigenvalue weighted by Gasteiger charge is 2.25. The monoisotopic (exact) mass is 381 g/mol. The van der Waals surface area contributed by atoms with Crippen molar-refractivity contribution in [3.05, 3.63) is 48.5 Å². The Balaban J connectivity index is 0.00000109. The van der Waals surface area contributed by atoms with Crippen molar-refractivity contribution < 1.29 is 14.3 Å². The normalized spacial score (nSPS) is 16.1. The number of hydrogen-bond donors (Lipinski definition) is 2. The molecule has 2 amide bonds. The molecule has 148 valence electrons. The molecular weight excluding hydrogens is 354 g/mol. The van der Waals surface area contributed by atoms with Gasteiger partial charge in [0.25, 0.3) is 5.91 Å². The Bertz CT molecular complexity index is 815. The Hall–Kier alpha value is -3.02. The molecule has 2 aromatic rings. The van der Waals surface area contributed by atoms with Gasteiger partial charge in [0.05, 0.1) is 5.69 Å². The number of carbonyl (C=O) groups is 2. The van der Waals surface area contributed by atoms with Crippen molar-refractivity contribution in [1.82, 2.24) is 0 Å². The van der Waals surface area contributed by atoms with Crippen molar-refractivity contribution in [2.75, 3.05) is 35.2 Å². The zero-order chi connectivity index (χ0) is 19.9. The van der Waals surface area contributed by atoms with Gasteiger partial charge < -0.3 is 20.3 Å². The SMILES string of the molecule is CC.O=C1COc2ccc(NC(=O)C3CCN(c4ccccc4)CC3)cc2N1. The van der Waals surface area contributed by atoms with Crippen molar-refractivity contribution in [1.29, 1.82) is 0 Å². The molecule has 0 spiro atoms. The van der Waals surface area contributed by atoms with Crippen LogP contribution >= 0.6 is 0 Å². The second kappa shape index (κ2) is 9.26. The maximum atomic E-state index is 12.6. The fourth-order valence-electron chi connectivity index (χ4n) is 3.44. The summed E-state index contributed by atoms with van der Waals surface area (Å²) in [4.78, 5) is 26.3. The van der Waals surface area contributed by atoms with Crippen LogP contribution in [-0.2, 0) is 9.59 Å². The number of nitrogens with one attached hydrogen (secondary N) is 2. The van der Waals surface area contributed by atoms with Gasteiger partial charge in [0.15, 0.2) is 6.61 Å². The standard InChI is InChI=1S/C20H21N3O3.C2H6/c24-19-13-26-18-7-6-15(12-17(18)22-19)21-20(25)14-8-10-23(11-9-14)16-4-2-1-3-5-16;1-2/h1-7,12,14H,8-11,13H2,(H,21,25)(H,22,24);1-2H3. The first kappa shape index (κ1) is 19.7. The van der Waals surface area contributed by atoms with Gasteiger partial charge in [0, 0.05) is 30.4 Å². The predicted molar refractivity (Wildman–Crippen MR) is 112 cm³/mol. The number of fused-ring (bicyclic) bond motifs is 1. The van der Waals surface area contributed by atoms with Gasteiger partial charge in [-0.15, -0.1) is 0 Å². The van der Waals surface area contributed by atoms with Gasteiger partial charge in [-0.25, -0.2) is 0 Å². The molecular formula is C22H27N3O3. The lowest BCUT2D eigenvalue weighted by Crippen LogP contribution is -2.38. The second-order valence-electron chi connectivity index (χ2n) is 6.63. The number of benzene rings is 2. The molecule has 0 aromatic heterocycles. The van der Waals surface area contributed by atoms with Crippen molar-refractivity contribution >= 4 is 28.9 Å².